The van der Waals surface area contributed by atoms with Gasteiger partial charge in [-0.15, -0.1) is 0 Å². The van der Waals surface area contributed by atoms with Crippen molar-refractivity contribution in [1.29, 1.82) is 0 Å². The minimum atomic E-state index is -0.584. The zero-order valence-electron chi connectivity index (χ0n) is 10.1. The molecule has 0 spiro atoms. The largest absolute Gasteiger partial charge is 0.497 e. The lowest BCUT2D eigenvalue weighted by Gasteiger charge is -2.27. The molecule has 0 aliphatic carbocycles. The van der Waals surface area contributed by atoms with Gasteiger partial charge < -0.3 is 9.84 Å². The van der Waals surface area contributed by atoms with Gasteiger partial charge >= 0.3 is 0 Å². The molecule has 0 bridgehead atoms. The van der Waals surface area contributed by atoms with Gasteiger partial charge in [0, 0.05) is 16.1 Å². The maximum Gasteiger partial charge on any atom is 0.119 e. The molecule has 2 rings (SSSR count). The van der Waals surface area contributed by atoms with Crippen molar-refractivity contribution in [3.63, 3.8) is 0 Å². The van der Waals surface area contributed by atoms with E-state index in [4.69, 9.17) is 4.74 Å². The number of halogens is 1. The molecule has 0 radical (unpaired) electrons. The van der Waals surface area contributed by atoms with Crippen LogP contribution < -0.4 is 4.74 Å². The molecule has 17 heavy (non-hydrogen) atoms. The third-order valence-corrected chi connectivity index (χ3v) is 5.56. The minimum Gasteiger partial charge on any atom is -0.497 e. The highest BCUT2D eigenvalue weighted by Crippen LogP contribution is 2.39. The molecule has 1 N–H and O–H groups in total. The summed E-state index contributed by atoms with van der Waals surface area (Å²) in [6.07, 6.45) is 1.54. The lowest BCUT2D eigenvalue weighted by atomic mass is 9.89. The van der Waals surface area contributed by atoms with Crippen molar-refractivity contribution < 1.29 is 9.84 Å². The van der Waals surface area contributed by atoms with Gasteiger partial charge in [0.05, 0.1) is 12.7 Å². The lowest BCUT2D eigenvalue weighted by Crippen LogP contribution is -2.37. The fourth-order valence-electron chi connectivity index (χ4n) is 2.15. The maximum atomic E-state index is 10.6. The summed E-state index contributed by atoms with van der Waals surface area (Å²) < 4.78 is 6.26. The lowest BCUT2D eigenvalue weighted by molar-refractivity contribution is 0.0462. The standard InChI is InChI=1S/C13H17BrO2S/c1-9-13(15,5-6-17-9)8-10-7-11(16-2)3-4-12(10)14/h3-4,7,9,15H,5-6,8H2,1-2H3. The summed E-state index contributed by atoms with van der Waals surface area (Å²) >= 11 is 5.38. The van der Waals surface area contributed by atoms with Crippen molar-refractivity contribution in [3.05, 3.63) is 28.2 Å². The van der Waals surface area contributed by atoms with Gasteiger partial charge in [0.25, 0.3) is 0 Å². The number of hydrogen-bond donors (Lipinski definition) is 1. The number of aliphatic hydroxyl groups is 1. The molecule has 0 aromatic heterocycles. The molecular weight excluding hydrogens is 300 g/mol. The van der Waals surface area contributed by atoms with E-state index in [-0.39, 0.29) is 0 Å². The van der Waals surface area contributed by atoms with Crippen LogP contribution in [-0.2, 0) is 6.42 Å². The quantitative estimate of drug-likeness (QED) is 0.928. The first-order valence-corrected chi connectivity index (χ1v) is 7.56. The molecule has 1 aromatic rings. The van der Waals surface area contributed by atoms with Gasteiger partial charge in [-0.25, -0.2) is 0 Å². The number of benzene rings is 1. The molecule has 94 valence electrons. The van der Waals surface area contributed by atoms with Crippen molar-refractivity contribution in [1.82, 2.24) is 0 Å². The Hall–Kier alpha value is -0.190. The molecule has 1 heterocycles. The third kappa shape index (κ3) is 2.80. The normalized spacial score (nSPS) is 28.4. The van der Waals surface area contributed by atoms with Crippen LogP contribution in [-0.4, -0.2) is 28.8 Å². The van der Waals surface area contributed by atoms with Crippen LogP contribution in [0.25, 0.3) is 0 Å². The molecule has 2 nitrogen and oxygen atoms in total. The van der Waals surface area contributed by atoms with Gasteiger partial charge in [-0.05, 0) is 35.9 Å². The van der Waals surface area contributed by atoms with Crippen molar-refractivity contribution in [2.75, 3.05) is 12.9 Å². The second-order valence-corrected chi connectivity index (χ2v) is 6.80. The molecule has 1 aromatic carbocycles. The van der Waals surface area contributed by atoms with Crippen molar-refractivity contribution in [2.24, 2.45) is 0 Å². The molecular formula is C13H17BrO2S. The fraction of sp³-hybridized carbons (Fsp3) is 0.538. The summed E-state index contributed by atoms with van der Waals surface area (Å²) in [5.74, 6) is 1.88. The predicted octanol–water partition coefficient (Wildman–Crippen LogP) is 3.26. The number of hydrogen-bond acceptors (Lipinski definition) is 3. The second kappa shape index (κ2) is 5.21. The van der Waals surface area contributed by atoms with Gasteiger partial charge in [0.15, 0.2) is 0 Å². The first kappa shape index (κ1) is 13.2. The zero-order valence-corrected chi connectivity index (χ0v) is 12.5. The van der Waals surface area contributed by atoms with Gasteiger partial charge in [-0.1, -0.05) is 22.9 Å². The number of ether oxygens (including phenoxy) is 1. The summed E-state index contributed by atoms with van der Waals surface area (Å²) in [5.41, 5.74) is 0.528. The van der Waals surface area contributed by atoms with Crippen LogP contribution in [0.3, 0.4) is 0 Å². The van der Waals surface area contributed by atoms with Crippen LogP contribution in [0.4, 0.5) is 0 Å². The van der Waals surface area contributed by atoms with Crippen LogP contribution in [0.2, 0.25) is 0 Å². The summed E-state index contributed by atoms with van der Waals surface area (Å²) in [6.45, 7) is 2.10. The summed E-state index contributed by atoms with van der Waals surface area (Å²) in [5, 5.41) is 10.9. The van der Waals surface area contributed by atoms with E-state index in [0.29, 0.717) is 11.7 Å². The Morgan fingerprint density at radius 1 is 1.59 bits per heavy atom. The smallest absolute Gasteiger partial charge is 0.119 e. The van der Waals surface area contributed by atoms with Crippen LogP contribution in [0.15, 0.2) is 22.7 Å². The Bertz CT molecular complexity index is 410. The molecule has 1 fully saturated rings. The first-order valence-electron chi connectivity index (χ1n) is 5.71. The number of thioether (sulfide) groups is 1. The highest BCUT2D eigenvalue weighted by Gasteiger charge is 2.39. The fourth-order valence-corrected chi connectivity index (χ4v) is 3.87. The van der Waals surface area contributed by atoms with E-state index >= 15 is 0 Å². The summed E-state index contributed by atoms with van der Waals surface area (Å²) in [7, 11) is 1.66. The maximum absolute atomic E-state index is 10.6. The average Bonchev–Trinajstić information content (AvgIpc) is 2.62. The average molecular weight is 317 g/mol. The van der Waals surface area contributed by atoms with Crippen molar-refractivity contribution in [3.8, 4) is 5.75 Å². The van der Waals surface area contributed by atoms with Crippen LogP contribution in [0, 0.1) is 0 Å². The molecule has 1 aliphatic rings. The van der Waals surface area contributed by atoms with E-state index in [1.54, 1.807) is 7.11 Å². The summed E-state index contributed by atoms with van der Waals surface area (Å²) in [4.78, 5) is 0. The van der Waals surface area contributed by atoms with Gasteiger partial charge in [0.2, 0.25) is 0 Å². The Morgan fingerprint density at radius 3 is 2.94 bits per heavy atom. The topological polar surface area (TPSA) is 29.5 Å². The predicted molar refractivity (Wildman–Crippen MR) is 75.9 cm³/mol. The van der Waals surface area contributed by atoms with E-state index in [2.05, 4.69) is 22.9 Å². The Morgan fingerprint density at radius 2 is 2.35 bits per heavy atom. The van der Waals surface area contributed by atoms with Crippen molar-refractivity contribution in [2.45, 2.75) is 30.6 Å². The van der Waals surface area contributed by atoms with Crippen LogP contribution >= 0.6 is 27.7 Å². The molecule has 1 aliphatic heterocycles. The molecule has 4 heteroatoms. The summed E-state index contributed by atoms with van der Waals surface area (Å²) in [6, 6.07) is 5.90. The molecule has 1 saturated heterocycles. The first-order chi connectivity index (χ1) is 8.05. The zero-order chi connectivity index (χ0) is 12.5. The minimum absolute atomic E-state index is 0.292. The van der Waals surface area contributed by atoms with E-state index in [0.717, 1.165) is 28.0 Å². The monoisotopic (exact) mass is 316 g/mol. The number of methoxy groups -OCH3 is 1. The van der Waals surface area contributed by atoms with Crippen LogP contribution in [0.1, 0.15) is 18.9 Å². The second-order valence-electron chi connectivity index (χ2n) is 4.50. The van der Waals surface area contributed by atoms with Gasteiger partial charge in [-0.2, -0.15) is 11.8 Å². The third-order valence-electron chi connectivity index (χ3n) is 3.41. The highest BCUT2D eigenvalue weighted by molar-refractivity contribution is 9.10. The van der Waals surface area contributed by atoms with E-state index in [1.807, 2.05) is 30.0 Å². The molecule has 0 amide bonds. The van der Waals surface area contributed by atoms with E-state index < -0.39 is 5.60 Å². The van der Waals surface area contributed by atoms with E-state index in [1.165, 1.54) is 0 Å². The SMILES string of the molecule is COc1ccc(Br)c(CC2(O)CCSC2C)c1. The van der Waals surface area contributed by atoms with Gasteiger partial charge in [-0.3, -0.25) is 0 Å². The molecule has 2 atom stereocenters. The Kier molecular flexibility index (Phi) is 4.06. The highest BCUT2D eigenvalue weighted by atomic mass is 79.9. The Balaban J connectivity index is 2.23. The van der Waals surface area contributed by atoms with Gasteiger partial charge in [0.1, 0.15) is 5.75 Å². The Labute approximate surface area is 115 Å². The van der Waals surface area contributed by atoms with Crippen LogP contribution in [0.5, 0.6) is 5.75 Å². The molecule has 2 unspecified atom stereocenters. The molecule has 0 saturated carbocycles. The van der Waals surface area contributed by atoms with E-state index in [9.17, 15) is 5.11 Å². The van der Waals surface area contributed by atoms with Crippen molar-refractivity contribution >= 4 is 27.7 Å². The number of rotatable bonds is 3.